The molecular weight excluding hydrogens is 404 g/mol. The van der Waals surface area contributed by atoms with Gasteiger partial charge in [-0.15, -0.1) is 0 Å². The summed E-state index contributed by atoms with van der Waals surface area (Å²) in [6.07, 6.45) is 3.70. The van der Waals surface area contributed by atoms with Crippen LogP contribution in [0.2, 0.25) is 0 Å². The van der Waals surface area contributed by atoms with Crippen molar-refractivity contribution in [1.29, 1.82) is 0 Å². The van der Waals surface area contributed by atoms with E-state index in [1.807, 2.05) is 24.4 Å². The van der Waals surface area contributed by atoms with Gasteiger partial charge in [-0.1, -0.05) is 72.8 Å². The van der Waals surface area contributed by atoms with E-state index in [-0.39, 0.29) is 0 Å². The Morgan fingerprint density at radius 2 is 1.45 bits per heavy atom. The van der Waals surface area contributed by atoms with Gasteiger partial charge in [0.2, 0.25) is 5.71 Å². The number of hydrogen-bond acceptors (Lipinski definition) is 3. The Bertz CT molecular complexity index is 1550. The summed E-state index contributed by atoms with van der Waals surface area (Å²) in [5.41, 5.74) is 8.05. The molecule has 0 aliphatic carbocycles. The maximum absolute atomic E-state index is 6.33. The highest BCUT2D eigenvalue weighted by atomic mass is 16.3. The summed E-state index contributed by atoms with van der Waals surface area (Å²) < 4.78 is 6.33. The maximum atomic E-state index is 6.33. The van der Waals surface area contributed by atoms with Crippen LogP contribution in [0.15, 0.2) is 114 Å². The summed E-state index contributed by atoms with van der Waals surface area (Å²) in [4.78, 5) is 9.50. The van der Waals surface area contributed by atoms with Gasteiger partial charge in [-0.2, -0.15) is 0 Å². The van der Waals surface area contributed by atoms with Gasteiger partial charge in [-0.3, -0.25) is 4.98 Å². The van der Waals surface area contributed by atoms with Gasteiger partial charge in [0.15, 0.2) is 0 Å². The molecule has 6 aromatic rings. The lowest BCUT2D eigenvalue weighted by Crippen LogP contribution is -1.93. The summed E-state index contributed by atoms with van der Waals surface area (Å²) in [6.45, 7) is 0. The number of aromatic nitrogens is 2. The lowest BCUT2D eigenvalue weighted by Gasteiger charge is -2.05. The second kappa shape index (κ2) is 8.36. The standard InChI is InChI=1S/C30H22N2O/c1-3-8-21(9-4-1)14-15-24-16-17-26-25-12-7-13-27(29(25)33-30(26)32-24)28-20-23(18-19-31-28)22-10-5-2-6-11-22/h1-13,16-20H,14-15H2. The third-order valence-electron chi connectivity index (χ3n) is 6.08. The Hall–Kier alpha value is -4.24. The van der Waals surface area contributed by atoms with Gasteiger partial charge in [0, 0.05) is 28.2 Å². The first-order chi connectivity index (χ1) is 16.3. The van der Waals surface area contributed by atoms with E-state index in [1.165, 1.54) is 11.1 Å². The highest BCUT2D eigenvalue weighted by molar-refractivity contribution is 6.08. The van der Waals surface area contributed by atoms with E-state index in [9.17, 15) is 0 Å². The van der Waals surface area contributed by atoms with Gasteiger partial charge < -0.3 is 4.42 Å². The molecule has 3 nitrogen and oxygen atoms in total. The van der Waals surface area contributed by atoms with Crippen LogP contribution in [0.25, 0.3) is 44.5 Å². The van der Waals surface area contributed by atoms with Crippen LogP contribution >= 0.6 is 0 Å². The Kier molecular flexibility index (Phi) is 4.93. The van der Waals surface area contributed by atoms with Gasteiger partial charge in [-0.25, -0.2) is 4.98 Å². The molecule has 0 fully saturated rings. The number of pyridine rings is 2. The first kappa shape index (κ1) is 19.4. The average molecular weight is 427 g/mol. The molecule has 0 bridgehead atoms. The quantitative estimate of drug-likeness (QED) is 0.286. The number of aryl methyl sites for hydroxylation is 2. The molecule has 0 atom stereocenters. The molecule has 0 unspecified atom stereocenters. The molecule has 0 N–H and O–H groups in total. The second-order valence-corrected chi connectivity index (χ2v) is 8.22. The summed E-state index contributed by atoms with van der Waals surface area (Å²) in [7, 11) is 0. The van der Waals surface area contributed by atoms with Gasteiger partial charge in [0.25, 0.3) is 0 Å². The number of nitrogens with zero attached hydrogens (tertiary/aromatic N) is 2. The predicted molar refractivity (Wildman–Crippen MR) is 134 cm³/mol. The van der Waals surface area contributed by atoms with Crippen molar-refractivity contribution in [2.24, 2.45) is 0 Å². The molecule has 158 valence electrons. The largest absolute Gasteiger partial charge is 0.437 e. The van der Waals surface area contributed by atoms with Crippen molar-refractivity contribution in [2.75, 3.05) is 0 Å². The van der Waals surface area contributed by atoms with Crippen LogP contribution in [0.1, 0.15) is 11.3 Å². The third kappa shape index (κ3) is 3.79. The van der Waals surface area contributed by atoms with E-state index >= 15 is 0 Å². The summed E-state index contributed by atoms with van der Waals surface area (Å²) in [5, 5.41) is 2.10. The summed E-state index contributed by atoms with van der Waals surface area (Å²) in [5.74, 6) is 0. The Morgan fingerprint density at radius 1 is 0.636 bits per heavy atom. The minimum atomic E-state index is 0.683. The Labute approximate surface area is 192 Å². The monoisotopic (exact) mass is 426 g/mol. The number of para-hydroxylation sites is 1. The molecule has 0 spiro atoms. The minimum Gasteiger partial charge on any atom is -0.437 e. The van der Waals surface area contributed by atoms with Crippen molar-refractivity contribution in [3.05, 3.63) is 121 Å². The molecule has 0 amide bonds. The average Bonchev–Trinajstić information content (AvgIpc) is 3.27. The lowest BCUT2D eigenvalue weighted by atomic mass is 10.0. The van der Waals surface area contributed by atoms with Crippen LogP contribution in [0, 0.1) is 0 Å². The zero-order valence-electron chi connectivity index (χ0n) is 18.1. The fourth-order valence-corrected chi connectivity index (χ4v) is 4.36. The normalized spacial score (nSPS) is 11.3. The molecule has 3 aromatic carbocycles. The van der Waals surface area contributed by atoms with Crippen molar-refractivity contribution in [2.45, 2.75) is 12.8 Å². The van der Waals surface area contributed by atoms with Gasteiger partial charge in [-0.05, 0) is 59.9 Å². The molecule has 3 aromatic heterocycles. The van der Waals surface area contributed by atoms with Crippen LogP contribution < -0.4 is 0 Å². The van der Waals surface area contributed by atoms with Gasteiger partial charge >= 0.3 is 0 Å². The van der Waals surface area contributed by atoms with Crippen molar-refractivity contribution < 1.29 is 4.42 Å². The van der Waals surface area contributed by atoms with Crippen LogP contribution in [0.3, 0.4) is 0 Å². The molecule has 0 aliphatic rings. The topological polar surface area (TPSA) is 38.9 Å². The molecule has 3 heterocycles. The fourth-order valence-electron chi connectivity index (χ4n) is 4.36. The summed E-state index contributed by atoms with van der Waals surface area (Å²) >= 11 is 0. The second-order valence-electron chi connectivity index (χ2n) is 8.22. The molecular formula is C30H22N2O. The van der Waals surface area contributed by atoms with E-state index in [2.05, 4.69) is 89.9 Å². The minimum absolute atomic E-state index is 0.683. The molecule has 6 rings (SSSR count). The fraction of sp³-hybridized carbons (Fsp3) is 0.0667. The molecule has 3 heteroatoms. The summed E-state index contributed by atoms with van der Waals surface area (Å²) in [6, 6.07) is 35.5. The Balaban J connectivity index is 1.39. The van der Waals surface area contributed by atoms with Crippen molar-refractivity contribution >= 4 is 22.1 Å². The van der Waals surface area contributed by atoms with Crippen molar-refractivity contribution in [3.8, 4) is 22.4 Å². The molecule has 0 aliphatic heterocycles. The number of benzene rings is 3. The molecule has 33 heavy (non-hydrogen) atoms. The van der Waals surface area contributed by atoms with Crippen LogP contribution in [0.4, 0.5) is 0 Å². The van der Waals surface area contributed by atoms with E-state index in [0.717, 1.165) is 51.7 Å². The third-order valence-corrected chi connectivity index (χ3v) is 6.08. The number of hydrogen-bond donors (Lipinski definition) is 0. The van der Waals surface area contributed by atoms with Gasteiger partial charge in [0.1, 0.15) is 5.58 Å². The lowest BCUT2D eigenvalue weighted by molar-refractivity contribution is 0.651. The zero-order chi connectivity index (χ0) is 22.0. The molecule has 0 saturated carbocycles. The smallest absolute Gasteiger partial charge is 0.227 e. The van der Waals surface area contributed by atoms with Crippen LogP contribution in [0.5, 0.6) is 0 Å². The number of furan rings is 1. The zero-order valence-corrected chi connectivity index (χ0v) is 18.1. The highest BCUT2D eigenvalue weighted by Crippen LogP contribution is 2.35. The number of fused-ring (bicyclic) bond motifs is 3. The first-order valence-electron chi connectivity index (χ1n) is 11.2. The Morgan fingerprint density at radius 3 is 2.30 bits per heavy atom. The highest BCUT2D eigenvalue weighted by Gasteiger charge is 2.15. The van der Waals surface area contributed by atoms with E-state index < -0.39 is 0 Å². The van der Waals surface area contributed by atoms with Crippen molar-refractivity contribution in [1.82, 2.24) is 9.97 Å². The molecule has 0 saturated heterocycles. The maximum Gasteiger partial charge on any atom is 0.227 e. The number of rotatable bonds is 5. The van der Waals surface area contributed by atoms with Crippen molar-refractivity contribution in [3.63, 3.8) is 0 Å². The predicted octanol–water partition coefficient (Wildman–Crippen LogP) is 7.50. The molecule has 0 radical (unpaired) electrons. The van der Waals surface area contributed by atoms with Crippen LogP contribution in [-0.4, -0.2) is 9.97 Å². The first-order valence-corrected chi connectivity index (χ1v) is 11.2. The SMILES string of the molecule is c1ccc(CCc2ccc3c(n2)oc2c(-c4cc(-c5ccccc5)ccn4)cccc23)cc1. The van der Waals surface area contributed by atoms with E-state index in [4.69, 9.17) is 9.40 Å². The van der Waals surface area contributed by atoms with Gasteiger partial charge in [0.05, 0.1) is 5.69 Å². The van der Waals surface area contributed by atoms with E-state index in [0.29, 0.717) is 5.71 Å². The van der Waals surface area contributed by atoms with Crippen LogP contribution in [-0.2, 0) is 12.8 Å². The van der Waals surface area contributed by atoms with E-state index in [1.54, 1.807) is 0 Å².